The minimum Gasteiger partial charge on any atom is -0.386 e. The van der Waals surface area contributed by atoms with Crippen molar-refractivity contribution >= 4 is 46.5 Å². The summed E-state index contributed by atoms with van der Waals surface area (Å²) in [6.45, 7) is 2.19. The van der Waals surface area contributed by atoms with E-state index < -0.39 is 0 Å². The van der Waals surface area contributed by atoms with Gasteiger partial charge in [-0.1, -0.05) is 18.5 Å². The molecule has 5 heteroatoms. The van der Waals surface area contributed by atoms with Crippen molar-refractivity contribution in [2.75, 3.05) is 11.5 Å². The number of hydrogen-bond acceptors (Lipinski definition) is 4. The topological polar surface area (TPSA) is 20.2 Å². The summed E-state index contributed by atoms with van der Waals surface area (Å²) in [6, 6.07) is 3.79. The van der Waals surface area contributed by atoms with Crippen molar-refractivity contribution in [2.45, 2.75) is 23.5 Å². The van der Waals surface area contributed by atoms with Crippen LogP contribution in [0.4, 0.5) is 0 Å². The lowest BCUT2D eigenvalue weighted by atomic mass is 10.1. The van der Waals surface area contributed by atoms with Gasteiger partial charge in [-0.3, -0.25) is 0 Å². The summed E-state index contributed by atoms with van der Waals surface area (Å²) in [6.07, 6.45) is -0.365. The first-order valence-electron chi connectivity index (χ1n) is 4.85. The largest absolute Gasteiger partial charge is 0.386 e. The third-order valence-corrected chi connectivity index (χ3v) is 6.92. The summed E-state index contributed by atoms with van der Waals surface area (Å²) < 4.78 is 0.755. The van der Waals surface area contributed by atoms with Crippen LogP contribution in [0.1, 0.15) is 17.9 Å². The summed E-state index contributed by atoms with van der Waals surface area (Å²) in [5.41, 5.74) is 0. The predicted octanol–water partition coefficient (Wildman–Crippen LogP) is 3.67. The molecule has 0 spiro atoms. The number of rotatable bonds is 2. The molecule has 1 nitrogen and oxygen atoms in total. The molecule has 1 N–H and O–H groups in total. The molecule has 3 unspecified atom stereocenters. The van der Waals surface area contributed by atoms with Gasteiger partial charge in [-0.2, -0.15) is 23.5 Å². The molecule has 1 aromatic rings. The van der Waals surface area contributed by atoms with E-state index in [0.717, 1.165) is 15.0 Å². The molecule has 1 fully saturated rings. The second-order valence-electron chi connectivity index (χ2n) is 3.50. The van der Waals surface area contributed by atoms with Crippen LogP contribution in [0, 0.1) is 0 Å². The van der Waals surface area contributed by atoms with Crippen molar-refractivity contribution in [1.82, 2.24) is 0 Å². The zero-order valence-electron chi connectivity index (χ0n) is 8.35. The molecule has 15 heavy (non-hydrogen) atoms. The Labute approximate surface area is 108 Å². The van der Waals surface area contributed by atoms with Gasteiger partial charge in [0.2, 0.25) is 0 Å². The smallest absolute Gasteiger partial charge is 0.101 e. The van der Waals surface area contributed by atoms with Gasteiger partial charge in [0.15, 0.2) is 0 Å². The van der Waals surface area contributed by atoms with E-state index in [0.29, 0.717) is 10.5 Å². The van der Waals surface area contributed by atoms with Crippen LogP contribution < -0.4 is 0 Å². The van der Waals surface area contributed by atoms with Gasteiger partial charge < -0.3 is 5.11 Å². The van der Waals surface area contributed by atoms with Gasteiger partial charge in [-0.25, -0.2) is 0 Å². The fourth-order valence-electron chi connectivity index (χ4n) is 1.65. The molecule has 0 radical (unpaired) electrons. The van der Waals surface area contributed by atoms with Crippen LogP contribution in [-0.4, -0.2) is 27.1 Å². The van der Waals surface area contributed by atoms with Gasteiger partial charge in [0, 0.05) is 26.9 Å². The summed E-state index contributed by atoms with van der Waals surface area (Å²) >= 11 is 11.2. The average Bonchev–Trinajstić information content (AvgIpc) is 2.65. The third-order valence-electron chi connectivity index (χ3n) is 2.43. The molecule has 84 valence electrons. The van der Waals surface area contributed by atoms with Crippen LogP contribution in [0.15, 0.2) is 12.1 Å². The molecule has 2 rings (SSSR count). The predicted molar refractivity (Wildman–Crippen MR) is 72.5 cm³/mol. The zero-order chi connectivity index (χ0) is 10.8. The fraction of sp³-hybridized carbons (Fsp3) is 0.600. The first-order valence-corrected chi connectivity index (χ1v) is 8.14. The van der Waals surface area contributed by atoms with E-state index >= 15 is 0 Å². The molecule has 1 saturated heterocycles. The minimum absolute atomic E-state index is 0.304. The Balaban J connectivity index is 2.09. The third kappa shape index (κ3) is 2.86. The van der Waals surface area contributed by atoms with Crippen LogP contribution in [-0.2, 0) is 0 Å². The van der Waals surface area contributed by atoms with Crippen LogP contribution in [0.25, 0.3) is 0 Å². The van der Waals surface area contributed by atoms with Gasteiger partial charge >= 0.3 is 0 Å². The molecule has 0 aliphatic carbocycles. The second kappa shape index (κ2) is 5.32. The Hall–Kier alpha value is 0.650. The molecular formula is C10H13ClOS3. The lowest BCUT2D eigenvalue weighted by molar-refractivity contribution is 0.178. The standard InChI is InChI=1S/C10H13ClOS3/c1-6-10(14-5-4-13-6)9(12)7-2-3-8(11)15-7/h2-3,6,9-10,12H,4-5H2,1H3. The van der Waals surface area contributed by atoms with Gasteiger partial charge in [-0.05, 0) is 12.1 Å². The molecular weight excluding hydrogens is 268 g/mol. The van der Waals surface area contributed by atoms with Gasteiger partial charge in [-0.15, -0.1) is 11.3 Å². The Morgan fingerprint density at radius 2 is 2.13 bits per heavy atom. The highest BCUT2D eigenvalue weighted by molar-refractivity contribution is 8.07. The highest BCUT2D eigenvalue weighted by Gasteiger charge is 2.30. The second-order valence-corrected chi connectivity index (χ2v) is 8.02. The maximum atomic E-state index is 10.2. The number of aliphatic hydroxyl groups excluding tert-OH is 1. The van der Waals surface area contributed by atoms with E-state index in [2.05, 4.69) is 6.92 Å². The first kappa shape index (κ1) is 12.1. The number of halogens is 1. The van der Waals surface area contributed by atoms with Crippen molar-refractivity contribution in [1.29, 1.82) is 0 Å². The molecule has 1 aliphatic heterocycles. The summed E-state index contributed by atoms with van der Waals surface area (Å²) in [7, 11) is 0. The van der Waals surface area contributed by atoms with E-state index in [1.54, 1.807) is 0 Å². The average molecular weight is 281 g/mol. The van der Waals surface area contributed by atoms with Gasteiger partial charge in [0.25, 0.3) is 0 Å². The highest BCUT2D eigenvalue weighted by Crippen LogP contribution is 2.40. The normalized spacial score (nSPS) is 29.0. The molecule has 2 heterocycles. The number of aliphatic hydroxyl groups is 1. The molecule has 0 amide bonds. The van der Waals surface area contributed by atoms with Crippen LogP contribution >= 0.6 is 46.5 Å². The summed E-state index contributed by atoms with van der Waals surface area (Å²) in [5.74, 6) is 2.33. The van der Waals surface area contributed by atoms with E-state index in [4.69, 9.17) is 11.6 Å². The molecule has 0 saturated carbocycles. The number of hydrogen-bond donors (Lipinski definition) is 1. The Bertz CT molecular complexity index is 328. The molecule has 3 atom stereocenters. The monoisotopic (exact) mass is 280 g/mol. The molecule has 1 aromatic heterocycles. The quantitative estimate of drug-likeness (QED) is 0.893. The van der Waals surface area contributed by atoms with Crippen molar-refractivity contribution in [3.05, 3.63) is 21.3 Å². The van der Waals surface area contributed by atoms with Crippen molar-refractivity contribution in [3.8, 4) is 0 Å². The maximum Gasteiger partial charge on any atom is 0.101 e. The van der Waals surface area contributed by atoms with E-state index in [1.807, 2.05) is 35.7 Å². The maximum absolute atomic E-state index is 10.2. The Kier molecular flexibility index (Phi) is 4.30. The molecule has 0 aromatic carbocycles. The van der Waals surface area contributed by atoms with E-state index in [1.165, 1.54) is 17.1 Å². The number of thiophene rings is 1. The van der Waals surface area contributed by atoms with Crippen LogP contribution in [0.2, 0.25) is 4.34 Å². The van der Waals surface area contributed by atoms with Crippen molar-refractivity contribution in [3.63, 3.8) is 0 Å². The SMILES string of the molecule is CC1SCCSC1C(O)c1ccc(Cl)s1. The van der Waals surface area contributed by atoms with Gasteiger partial charge in [0.1, 0.15) is 6.10 Å². The Morgan fingerprint density at radius 1 is 1.40 bits per heavy atom. The summed E-state index contributed by atoms with van der Waals surface area (Å²) in [5, 5.41) is 11.1. The fourth-order valence-corrected chi connectivity index (χ4v) is 5.65. The van der Waals surface area contributed by atoms with E-state index in [-0.39, 0.29) is 6.10 Å². The highest BCUT2D eigenvalue weighted by atomic mass is 35.5. The number of thioether (sulfide) groups is 2. The minimum atomic E-state index is -0.365. The van der Waals surface area contributed by atoms with Crippen LogP contribution in [0.5, 0.6) is 0 Å². The zero-order valence-corrected chi connectivity index (χ0v) is 11.6. The van der Waals surface area contributed by atoms with Gasteiger partial charge in [0.05, 0.1) is 4.34 Å². The lowest BCUT2D eigenvalue weighted by Gasteiger charge is -2.31. The summed E-state index contributed by atoms with van der Waals surface area (Å²) in [4.78, 5) is 0.992. The first-order chi connectivity index (χ1) is 7.18. The van der Waals surface area contributed by atoms with E-state index in [9.17, 15) is 5.11 Å². The lowest BCUT2D eigenvalue weighted by Crippen LogP contribution is -2.28. The van der Waals surface area contributed by atoms with Crippen molar-refractivity contribution in [2.24, 2.45) is 0 Å². The van der Waals surface area contributed by atoms with Crippen LogP contribution in [0.3, 0.4) is 0 Å². The van der Waals surface area contributed by atoms with Crippen molar-refractivity contribution < 1.29 is 5.11 Å². The molecule has 0 bridgehead atoms. The Morgan fingerprint density at radius 3 is 2.73 bits per heavy atom. The molecule has 1 aliphatic rings.